The molecule has 5 heteroatoms. The SMILES string of the molecule is N#CCC(O)[N-]C#N.[Na+]. The molecule has 0 aromatic carbocycles. The minimum absolute atomic E-state index is 0. The first-order valence-electron chi connectivity index (χ1n) is 1.95. The van der Waals surface area contributed by atoms with Gasteiger partial charge in [0, 0.05) is 0 Å². The number of aliphatic hydroxyl groups excluding tert-OH is 1. The van der Waals surface area contributed by atoms with Gasteiger partial charge in [-0.1, -0.05) is 6.19 Å². The van der Waals surface area contributed by atoms with Crippen molar-refractivity contribution < 1.29 is 34.7 Å². The maximum Gasteiger partial charge on any atom is 1.00 e. The van der Waals surface area contributed by atoms with E-state index in [-0.39, 0.29) is 36.0 Å². The Kier molecular flexibility index (Phi) is 9.91. The van der Waals surface area contributed by atoms with E-state index in [1.165, 1.54) is 6.19 Å². The van der Waals surface area contributed by atoms with E-state index in [0.29, 0.717) is 0 Å². The molecule has 0 saturated carbocycles. The van der Waals surface area contributed by atoms with Gasteiger partial charge >= 0.3 is 29.6 Å². The molecule has 4 nitrogen and oxygen atoms in total. The number of rotatable bonds is 2. The minimum Gasteiger partial charge on any atom is -0.494 e. The number of aliphatic hydroxyl groups is 1. The Labute approximate surface area is 75.4 Å². The van der Waals surface area contributed by atoms with Crippen molar-refractivity contribution in [2.75, 3.05) is 0 Å². The Bertz CT molecular complexity index is 120. The fourth-order valence-electron chi connectivity index (χ4n) is 0.194. The summed E-state index contributed by atoms with van der Waals surface area (Å²) < 4.78 is 0. The van der Waals surface area contributed by atoms with E-state index in [0.717, 1.165) is 0 Å². The van der Waals surface area contributed by atoms with Gasteiger partial charge in [0.15, 0.2) is 0 Å². The average Bonchev–Trinajstić information content (AvgIpc) is 1.68. The molecule has 0 aromatic rings. The van der Waals surface area contributed by atoms with Crippen LogP contribution in [0.4, 0.5) is 0 Å². The standard InChI is InChI=1S/C4H4N3O.Na/c5-2-1-4(8)7-3-6;/h4,8H,1H2;/q-1;+1. The van der Waals surface area contributed by atoms with E-state index >= 15 is 0 Å². The summed E-state index contributed by atoms with van der Waals surface area (Å²) in [7, 11) is 0. The van der Waals surface area contributed by atoms with Gasteiger partial charge in [0.25, 0.3) is 0 Å². The summed E-state index contributed by atoms with van der Waals surface area (Å²) in [5, 5.41) is 27.1. The molecule has 0 amide bonds. The first kappa shape index (κ1) is 11.5. The minimum atomic E-state index is -1.13. The molecule has 0 aliphatic carbocycles. The Hall–Kier alpha value is -0.260. The fourth-order valence-corrected chi connectivity index (χ4v) is 0.194. The Morgan fingerprint density at radius 3 is 2.44 bits per heavy atom. The zero-order valence-corrected chi connectivity index (χ0v) is 7.07. The maximum atomic E-state index is 8.44. The van der Waals surface area contributed by atoms with E-state index in [4.69, 9.17) is 15.6 Å². The van der Waals surface area contributed by atoms with Crippen LogP contribution in [-0.4, -0.2) is 11.3 Å². The summed E-state index contributed by atoms with van der Waals surface area (Å²) in [4.78, 5) is 0. The molecule has 0 rings (SSSR count). The molecular weight excluding hydrogens is 129 g/mol. The van der Waals surface area contributed by atoms with Crippen molar-refractivity contribution in [3.8, 4) is 12.3 Å². The van der Waals surface area contributed by atoms with Crippen molar-refractivity contribution >= 4 is 0 Å². The van der Waals surface area contributed by atoms with E-state index in [2.05, 4.69) is 5.32 Å². The van der Waals surface area contributed by atoms with Gasteiger partial charge in [0.05, 0.1) is 18.7 Å². The quantitative estimate of drug-likeness (QED) is 0.323. The van der Waals surface area contributed by atoms with Gasteiger partial charge in [-0.2, -0.15) is 5.26 Å². The van der Waals surface area contributed by atoms with Crippen molar-refractivity contribution in [2.24, 2.45) is 0 Å². The van der Waals surface area contributed by atoms with Gasteiger partial charge in [0.2, 0.25) is 0 Å². The van der Waals surface area contributed by atoms with E-state index in [1.807, 2.05) is 0 Å². The van der Waals surface area contributed by atoms with Crippen LogP contribution in [0.2, 0.25) is 0 Å². The zero-order chi connectivity index (χ0) is 6.41. The first-order chi connectivity index (χ1) is 3.81. The molecule has 0 aliphatic rings. The second-order valence-corrected chi connectivity index (χ2v) is 1.07. The van der Waals surface area contributed by atoms with Crippen LogP contribution in [0.5, 0.6) is 0 Å². The summed E-state index contributed by atoms with van der Waals surface area (Å²) in [6.07, 6.45) is 0.124. The van der Waals surface area contributed by atoms with Crippen LogP contribution >= 0.6 is 0 Å². The monoisotopic (exact) mass is 133 g/mol. The third kappa shape index (κ3) is 7.74. The van der Waals surface area contributed by atoms with E-state index in [9.17, 15) is 0 Å². The molecule has 1 N–H and O–H groups in total. The van der Waals surface area contributed by atoms with Crippen LogP contribution in [0.1, 0.15) is 6.42 Å². The van der Waals surface area contributed by atoms with Crippen LogP contribution in [0.15, 0.2) is 0 Å². The molecule has 42 valence electrons. The molecule has 0 heterocycles. The van der Waals surface area contributed by atoms with Gasteiger partial charge in [-0.3, -0.25) is 0 Å². The van der Waals surface area contributed by atoms with Crippen molar-refractivity contribution in [3.63, 3.8) is 0 Å². The van der Waals surface area contributed by atoms with Crippen LogP contribution in [-0.2, 0) is 0 Å². The first-order valence-corrected chi connectivity index (χ1v) is 1.95. The smallest absolute Gasteiger partial charge is 0.494 e. The van der Waals surface area contributed by atoms with Crippen LogP contribution < -0.4 is 29.6 Å². The third-order valence-electron chi connectivity index (χ3n) is 0.481. The second-order valence-electron chi connectivity index (χ2n) is 1.07. The van der Waals surface area contributed by atoms with Crippen molar-refractivity contribution in [2.45, 2.75) is 12.6 Å². The number of nitriles is 2. The van der Waals surface area contributed by atoms with Crippen molar-refractivity contribution in [3.05, 3.63) is 5.32 Å². The predicted molar refractivity (Wildman–Crippen MR) is 25.2 cm³/mol. The molecule has 0 radical (unpaired) electrons. The molecule has 0 saturated heterocycles. The summed E-state index contributed by atoms with van der Waals surface area (Å²) in [6.45, 7) is 0. The molecule has 0 spiro atoms. The molecule has 1 atom stereocenters. The summed E-state index contributed by atoms with van der Waals surface area (Å²) in [5.41, 5.74) is 0. The number of hydrogen-bond donors (Lipinski definition) is 1. The Morgan fingerprint density at radius 1 is 1.56 bits per heavy atom. The summed E-state index contributed by atoms with van der Waals surface area (Å²) >= 11 is 0. The molecule has 0 fully saturated rings. The predicted octanol–water partition coefficient (Wildman–Crippen LogP) is -2.92. The third-order valence-corrected chi connectivity index (χ3v) is 0.481. The van der Waals surface area contributed by atoms with E-state index in [1.54, 1.807) is 6.07 Å². The van der Waals surface area contributed by atoms with Crippen LogP contribution in [0, 0.1) is 22.8 Å². The number of hydrogen-bond acceptors (Lipinski definition) is 3. The summed E-state index contributed by atoms with van der Waals surface area (Å²) in [5.74, 6) is 0. The van der Waals surface area contributed by atoms with Crippen LogP contribution in [0.25, 0.3) is 5.32 Å². The van der Waals surface area contributed by atoms with E-state index < -0.39 is 6.23 Å². The van der Waals surface area contributed by atoms with Gasteiger partial charge < -0.3 is 15.7 Å². The Morgan fingerprint density at radius 2 is 2.11 bits per heavy atom. The van der Waals surface area contributed by atoms with Gasteiger partial charge in [0.1, 0.15) is 0 Å². The van der Waals surface area contributed by atoms with Gasteiger partial charge in [-0.15, -0.1) is 0 Å². The van der Waals surface area contributed by atoms with Crippen molar-refractivity contribution in [1.82, 2.24) is 0 Å². The molecule has 0 aliphatic heterocycles. The van der Waals surface area contributed by atoms with Gasteiger partial charge in [-0.25, -0.2) is 0 Å². The maximum absolute atomic E-state index is 8.44. The normalized spacial score (nSPS) is 9.67. The van der Waals surface area contributed by atoms with Crippen molar-refractivity contribution in [1.29, 1.82) is 10.5 Å². The van der Waals surface area contributed by atoms with Gasteiger partial charge in [-0.05, 0) is 0 Å². The largest absolute Gasteiger partial charge is 1.00 e. The van der Waals surface area contributed by atoms with Crippen LogP contribution in [0.3, 0.4) is 0 Å². The molecule has 0 aromatic heterocycles. The molecular formula is C4H4N3NaO. The molecule has 0 bridgehead atoms. The topological polar surface area (TPSA) is 81.9 Å². The summed E-state index contributed by atoms with van der Waals surface area (Å²) in [6, 6.07) is 1.66. The average molecular weight is 133 g/mol. The number of nitrogens with zero attached hydrogens (tertiary/aromatic N) is 3. The second kappa shape index (κ2) is 7.74. The molecule has 9 heavy (non-hydrogen) atoms. The zero-order valence-electron chi connectivity index (χ0n) is 5.07. The molecule has 1 unspecified atom stereocenters. The Balaban J connectivity index is 0. The fraction of sp³-hybridized carbons (Fsp3) is 0.500.